The molecule has 53 heavy (non-hydrogen) atoms. The summed E-state index contributed by atoms with van der Waals surface area (Å²) in [6, 6.07) is 58.5. The van der Waals surface area contributed by atoms with E-state index in [4.69, 9.17) is 0 Å². The highest BCUT2D eigenvalue weighted by molar-refractivity contribution is 6.13. The Bertz CT molecular complexity index is 2970. The number of aromatic nitrogens is 2. The molecule has 0 saturated heterocycles. The summed E-state index contributed by atoms with van der Waals surface area (Å²) in [5.41, 5.74) is 15.2. The van der Waals surface area contributed by atoms with E-state index >= 15 is 0 Å². The van der Waals surface area contributed by atoms with E-state index in [9.17, 15) is 0 Å². The zero-order chi connectivity index (χ0) is 35.3. The van der Waals surface area contributed by atoms with Crippen LogP contribution < -0.4 is 0 Å². The zero-order valence-electron chi connectivity index (χ0n) is 29.9. The van der Waals surface area contributed by atoms with Gasteiger partial charge < -0.3 is 9.13 Å². The first-order valence-corrected chi connectivity index (χ1v) is 18.8. The summed E-state index contributed by atoms with van der Waals surface area (Å²) in [6.07, 6.45) is 9.24. The Balaban J connectivity index is 1.12. The van der Waals surface area contributed by atoms with E-state index < -0.39 is 0 Å². The quantitative estimate of drug-likeness (QED) is 0.175. The summed E-state index contributed by atoms with van der Waals surface area (Å²) in [5.74, 6) is 0.915. The van der Waals surface area contributed by atoms with Crippen LogP contribution in [-0.2, 0) is 5.41 Å². The fraction of sp³-hybridized carbons (Fsp3) is 0.0980. The highest BCUT2D eigenvalue weighted by Gasteiger charge is 2.44. The second kappa shape index (κ2) is 11.3. The highest BCUT2D eigenvalue weighted by atomic mass is 15.0. The Labute approximate surface area is 309 Å². The Morgan fingerprint density at radius 3 is 1.62 bits per heavy atom. The molecule has 2 unspecified atom stereocenters. The van der Waals surface area contributed by atoms with Crippen LogP contribution in [0.3, 0.4) is 0 Å². The van der Waals surface area contributed by atoms with Gasteiger partial charge in [-0.05, 0) is 111 Å². The van der Waals surface area contributed by atoms with Crippen LogP contribution in [0.15, 0.2) is 182 Å². The third kappa shape index (κ3) is 4.45. The first kappa shape index (κ1) is 30.3. The molecule has 0 fully saturated rings. The Morgan fingerprint density at radius 2 is 0.943 bits per heavy atom. The summed E-state index contributed by atoms with van der Waals surface area (Å²) in [6.45, 7) is 4.84. The molecule has 0 aliphatic heterocycles. The van der Waals surface area contributed by atoms with Crippen molar-refractivity contribution in [1.82, 2.24) is 9.13 Å². The summed E-state index contributed by atoms with van der Waals surface area (Å²) in [7, 11) is 0. The molecule has 2 heterocycles. The molecule has 2 aliphatic rings. The molecule has 11 rings (SSSR count). The van der Waals surface area contributed by atoms with Gasteiger partial charge in [0.25, 0.3) is 0 Å². The monoisotopic (exact) mass is 678 g/mol. The van der Waals surface area contributed by atoms with Gasteiger partial charge in [-0.25, -0.2) is 0 Å². The topological polar surface area (TPSA) is 9.86 Å². The molecule has 7 aromatic carbocycles. The van der Waals surface area contributed by atoms with E-state index in [0.29, 0.717) is 11.8 Å². The maximum Gasteiger partial charge on any atom is 0.0541 e. The van der Waals surface area contributed by atoms with Gasteiger partial charge in [-0.2, -0.15) is 0 Å². The van der Waals surface area contributed by atoms with Crippen LogP contribution in [0.4, 0.5) is 0 Å². The van der Waals surface area contributed by atoms with Crippen molar-refractivity contribution in [1.29, 1.82) is 0 Å². The average Bonchev–Trinajstić information content (AvgIpc) is 3.80. The lowest BCUT2D eigenvalue weighted by Gasteiger charge is -2.29. The van der Waals surface area contributed by atoms with E-state index in [0.717, 1.165) is 0 Å². The van der Waals surface area contributed by atoms with Crippen molar-refractivity contribution in [2.45, 2.75) is 25.2 Å². The fourth-order valence-corrected chi connectivity index (χ4v) is 9.60. The van der Waals surface area contributed by atoms with E-state index in [1.54, 1.807) is 0 Å². The number of benzene rings is 7. The third-order valence-corrected chi connectivity index (χ3v) is 12.2. The molecule has 2 aromatic heterocycles. The number of nitrogens with zero attached hydrogens (tertiary/aromatic N) is 2. The van der Waals surface area contributed by atoms with Gasteiger partial charge in [0, 0.05) is 38.8 Å². The van der Waals surface area contributed by atoms with Gasteiger partial charge in [-0.3, -0.25) is 0 Å². The van der Waals surface area contributed by atoms with Crippen molar-refractivity contribution in [3.63, 3.8) is 0 Å². The number of hydrogen-bond acceptors (Lipinski definition) is 0. The van der Waals surface area contributed by atoms with Crippen molar-refractivity contribution in [3.05, 3.63) is 193 Å². The molecule has 9 aromatic rings. The van der Waals surface area contributed by atoms with Gasteiger partial charge in [0.15, 0.2) is 0 Å². The smallest absolute Gasteiger partial charge is 0.0541 e. The van der Waals surface area contributed by atoms with Gasteiger partial charge >= 0.3 is 0 Å². The van der Waals surface area contributed by atoms with Crippen LogP contribution in [0.2, 0.25) is 0 Å². The summed E-state index contributed by atoms with van der Waals surface area (Å²) in [5, 5.41) is 5.07. The van der Waals surface area contributed by atoms with Crippen molar-refractivity contribution in [2.24, 2.45) is 5.92 Å². The summed E-state index contributed by atoms with van der Waals surface area (Å²) < 4.78 is 4.87. The molecular weight excluding hydrogens is 641 g/mol. The predicted molar refractivity (Wildman–Crippen MR) is 224 cm³/mol. The number of fused-ring (bicyclic) bond motifs is 9. The summed E-state index contributed by atoms with van der Waals surface area (Å²) in [4.78, 5) is 0. The van der Waals surface area contributed by atoms with E-state index in [1.165, 1.54) is 88.4 Å². The normalized spacial score (nSPS) is 17.2. The zero-order valence-corrected chi connectivity index (χ0v) is 29.9. The molecule has 0 spiro atoms. The van der Waals surface area contributed by atoms with E-state index in [2.05, 4.69) is 205 Å². The van der Waals surface area contributed by atoms with Crippen molar-refractivity contribution < 1.29 is 0 Å². The SMILES string of the molecule is CC1(C)c2cc(-n3c4ccc(-c5ccccc5)cc4c4cc(-c5ccc6c(c5)c5ccccc5n6-c5ccccc5)ccc43)ccc2C2C=CC=CC21. The lowest BCUT2D eigenvalue weighted by Crippen LogP contribution is -2.24. The molecule has 2 atom stereocenters. The van der Waals surface area contributed by atoms with Crippen molar-refractivity contribution in [3.8, 4) is 33.6 Å². The molecule has 2 nitrogen and oxygen atoms in total. The minimum Gasteiger partial charge on any atom is -0.309 e. The molecule has 252 valence electrons. The van der Waals surface area contributed by atoms with Crippen molar-refractivity contribution in [2.75, 3.05) is 0 Å². The first-order valence-electron chi connectivity index (χ1n) is 18.8. The van der Waals surface area contributed by atoms with Gasteiger partial charge in [-0.15, -0.1) is 0 Å². The van der Waals surface area contributed by atoms with Crippen LogP contribution in [-0.4, -0.2) is 9.13 Å². The molecule has 2 heteroatoms. The molecule has 0 saturated carbocycles. The Morgan fingerprint density at radius 1 is 0.415 bits per heavy atom. The molecule has 0 N–H and O–H groups in total. The lowest BCUT2D eigenvalue weighted by molar-refractivity contribution is 0.394. The number of hydrogen-bond donors (Lipinski definition) is 0. The fourth-order valence-electron chi connectivity index (χ4n) is 9.60. The molecule has 0 radical (unpaired) electrons. The Kier molecular flexibility index (Phi) is 6.46. The molecule has 2 aliphatic carbocycles. The van der Waals surface area contributed by atoms with Gasteiger partial charge in [0.2, 0.25) is 0 Å². The van der Waals surface area contributed by atoms with Gasteiger partial charge in [0.1, 0.15) is 0 Å². The molecular formula is C51H38N2. The predicted octanol–water partition coefficient (Wildman–Crippen LogP) is 13.3. The van der Waals surface area contributed by atoms with Gasteiger partial charge in [0.05, 0.1) is 22.1 Å². The van der Waals surface area contributed by atoms with Crippen LogP contribution in [0.5, 0.6) is 0 Å². The van der Waals surface area contributed by atoms with E-state index in [-0.39, 0.29) is 5.41 Å². The second-order valence-corrected chi connectivity index (χ2v) is 15.4. The van der Waals surface area contributed by atoms with Crippen LogP contribution in [0, 0.1) is 5.92 Å². The molecule has 0 amide bonds. The van der Waals surface area contributed by atoms with Crippen LogP contribution in [0.1, 0.15) is 30.9 Å². The Hall–Kier alpha value is -6.38. The molecule has 0 bridgehead atoms. The number of para-hydroxylation sites is 2. The average molecular weight is 679 g/mol. The standard InChI is InChI=1S/C51H38N2/c1-51(2)45-19-11-9-17-39(45)40-25-24-38(32-46(40)51)53-49-26-21-34(33-13-5-3-6-14-33)29-43(49)44-31-36(23-28-50(44)53)35-22-27-48-42(30-35)41-18-10-12-20-47(41)52(48)37-15-7-4-8-16-37/h3-32,39,45H,1-2H3. The maximum absolute atomic E-state index is 2.49. The maximum atomic E-state index is 2.49. The minimum atomic E-state index is 0.0476. The first-order chi connectivity index (χ1) is 26.0. The number of allylic oxidation sites excluding steroid dienone is 4. The van der Waals surface area contributed by atoms with Crippen LogP contribution >= 0.6 is 0 Å². The van der Waals surface area contributed by atoms with Crippen LogP contribution in [0.25, 0.3) is 77.2 Å². The van der Waals surface area contributed by atoms with E-state index in [1.807, 2.05) is 0 Å². The largest absolute Gasteiger partial charge is 0.309 e. The summed E-state index contributed by atoms with van der Waals surface area (Å²) >= 11 is 0. The number of rotatable bonds is 4. The second-order valence-electron chi connectivity index (χ2n) is 15.4. The highest BCUT2D eigenvalue weighted by Crippen LogP contribution is 2.53. The van der Waals surface area contributed by atoms with Gasteiger partial charge in [-0.1, -0.05) is 129 Å². The third-order valence-electron chi connectivity index (χ3n) is 12.2. The van der Waals surface area contributed by atoms with Crippen molar-refractivity contribution >= 4 is 43.6 Å². The minimum absolute atomic E-state index is 0.0476. The lowest BCUT2D eigenvalue weighted by atomic mass is 9.74.